The lowest BCUT2D eigenvalue weighted by molar-refractivity contribution is -0.129. The molecule has 0 aliphatic carbocycles. The monoisotopic (exact) mass is 462 g/mol. The van der Waals surface area contributed by atoms with Gasteiger partial charge in [0.05, 0.1) is 16.9 Å². The molecule has 1 amide bonds. The third-order valence-electron chi connectivity index (χ3n) is 5.16. The summed E-state index contributed by atoms with van der Waals surface area (Å²) in [5.41, 5.74) is 2.31. The van der Waals surface area contributed by atoms with Crippen LogP contribution in [0.5, 0.6) is 5.75 Å². The summed E-state index contributed by atoms with van der Waals surface area (Å²) < 4.78 is 5.90. The number of benzene rings is 3. The number of hydrogen-bond donors (Lipinski definition) is 2. The number of hydrogen-bond acceptors (Lipinski definition) is 4. The first kappa shape index (κ1) is 22.1. The number of aryl methyl sites for hydroxylation is 1. The number of nitrogens with one attached hydrogen (secondary N) is 1. The second-order valence-corrected chi connectivity index (χ2v) is 7.81. The van der Waals surface area contributed by atoms with Crippen LogP contribution in [0.1, 0.15) is 21.5 Å². The van der Waals surface area contributed by atoms with E-state index in [1.54, 1.807) is 31.3 Å². The summed E-state index contributed by atoms with van der Waals surface area (Å²) >= 11 is 6.05. The number of fused-ring (bicyclic) bond motifs is 1. The molecule has 0 saturated carbocycles. The molecule has 4 rings (SSSR count). The molecule has 0 bridgehead atoms. The molecular formula is C25H19ClN2O5. The number of ether oxygens (including phenoxy) is 1. The van der Waals surface area contributed by atoms with Crippen molar-refractivity contribution < 1.29 is 24.2 Å². The van der Waals surface area contributed by atoms with Gasteiger partial charge in [0.1, 0.15) is 12.4 Å². The van der Waals surface area contributed by atoms with Crippen molar-refractivity contribution in [3.8, 4) is 5.75 Å². The first-order valence-corrected chi connectivity index (χ1v) is 10.4. The Morgan fingerprint density at radius 2 is 1.88 bits per heavy atom. The molecule has 0 fully saturated rings. The smallest absolute Gasteiger partial charge is 0.337 e. The van der Waals surface area contributed by atoms with Gasteiger partial charge in [0, 0.05) is 22.1 Å². The standard InChI is InChI=1S/C25H19ClN2O5/c1-15-9-17(26)10-20(25(31)32)24(15)28(23(30)13-29)22-12-27-21-8-7-18(11-19(21)22)33-14-16-5-3-2-4-6-16/h2-13,27H,14H2,1H3,(H,31,32). The van der Waals surface area contributed by atoms with Crippen molar-refractivity contribution in [1.82, 2.24) is 4.98 Å². The molecule has 4 aromatic rings. The summed E-state index contributed by atoms with van der Waals surface area (Å²) in [5.74, 6) is -1.64. The number of rotatable bonds is 7. The van der Waals surface area contributed by atoms with Crippen LogP contribution in [-0.4, -0.2) is 28.3 Å². The lowest BCUT2D eigenvalue weighted by Gasteiger charge is -2.24. The Hall–Kier alpha value is -4.10. The maximum absolute atomic E-state index is 12.7. The van der Waals surface area contributed by atoms with E-state index >= 15 is 0 Å². The predicted molar refractivity (Wildman–Crippen MR) is 125 cm³/mol. The van der Waals surface area contributed by atoms with Crippen molar-refractivity contribution in [3.63, 3.8) is 0 Å². The maximum Gasteiger partial charge on any atom is 0.337 e. The SMILES string of the molecule is Cc1cc(Cl)cc(C(=O)O)c1N(C(=O)C=O)c1c[nH]c2ccc(OCc3ccccc3)cc12. The van der Waals surface area contributed by atoms with Crippen molar-refractivity contribution in [2.75, 3.05) is 4.90 Å². The lowest BCUT2D eigenvalue weighted by Crippen LogP contribution is -2.29. The van der Waals surface area contributed by atoms with E-state index in [0.29, 0.717) is 34.5 Å². The molecule has 33 heavy (non-hydrogen) atoms. The van der Waals surface area contributed by atoms with E-state index in [9.17, 15) is 19.5 Å². The van der Waals surface area contributed by atoms with Gasteiger partial charge in [-0.25, -0.2) is 4.79 Å². The van der Waals surface area contributed by atoms with E-state index in [0.717, 1.165) is 10.5 Å². The number of anilines is 2. The molecule has 0 saturated heterocycles. The number of aromatic carboxylic acids is 1. The van der Waals surface area contributed by atoms with Crippen molar-refractivity contribution in [1.29, 1.82) is 0 Å². The van der Waals surface area contributed by atoms with Gasteiger partial charge in [0.15, 0.2) is 0 Å². The number of aromatic nitrogens is 1. The molecule has 0 unspecified atom stereocenters. The quantitative estimate of drug-likeness (QED) is 0.288. The average Bonchev–Trinajstić information content (AvgIpc) is 3.22. The number of carbonyl (C=O) groups excluding carboxylic acids is 2. The molecule has 0 aliphatic rings. The molecule has 1 aromatic heterocycles. The number of H-pyrrole nitrogens is 1. The Kier molecular flexibility index (Phi) is 6.15. The van der Waals surface area contributed by atoms with Gasteiger partial charge in [0.2, 0.25) is 6.29 Å². The molecule has 8 heteroatoms. The molecule has 1 heterocycles. The van der Waals surface area contributed by atoms with Crippen LogP contribution in [0, 0.1) is 6.92 Å². The Labute approximate surface area is 194 Å². The Bertz CT molecular complexity index is 1360. The fraction of sp³-hybridized carbons (Fsp3) is 0.0800. The first-order chi connectivity index (χ1) is 15.9. The van der Waals surface area contributed by atoms with Gasteiger partial charge in [-0.15, -0.1) is 0 Å². The zero-order valence-corrected chi connectivity index (χ0v) is 18.3. The number of halogens is 1. The minimum Gasteiger partial charge on any atom is -0.489 e. The number of amides is 1. The van der Waals surface area contributed by atoms with Gasteiger partial charge in [-0.1, -0.05) is 41.9 Å². The highest BCUT2D eigenvalue weighted by Crippen LogP contribution is 2.39. The second-order valence-electron chi connectivity index (χ2n) is 7.37. The number of aldehydes is 1. The zero-order valence-electron chi connectivity index (χ0n) is 17.5. The van der Waals surface area contributed by atoms with E-state index in [2.05, 4.69) is 4.98 Å². The van der Waals surface area contributed by atoms with Gasteiger partial charge in [-0.3, -0.25) is 14.5 Å². The molecular weight excluding hydrogens is 444 g/mol. The molecule has 7 nitrogen and oxygen atoms in total. The third-order valence-corrected chi connectivity index (χ3v) is 5.38. The molecule has 2 N–H and O–H groups in total. The number of carboxylic acids is 1. The first-order valence-electron chi connectivity index (χ1n) is 9.99. The van der Waals surface area contributed by atoms with Crippen LogP contribution in [0.25, 0.3) is 10.9 Å². The predicted octanol–water partition coefficient (Wildman–Crippen LogP) is 5.27. The van der Waals surface area contributed by atoms with Crippen LogP contribution in [0.2, 0.25) is 5.02 Å². The van der Waals surface area contributed by atoms with E-state index in [-0.39, 0.29) is 22.6 Å². The minimum atomic E-state index is -1.27. The number of carboxylic acid groups (broad SMARTS) is 1. The number of aromatic amines is 1. The van der Waals surface area contributed by atoms with Crippen LogP contribution >= 0.6 is 11.6 Å². The van der Waals surface area contributed by atoms with Crippen LogP contribution < -0.4 is 9.64 Å². The molecule has 0 spiro atoms. The van der Waals surface area contributed by atoms with Gasteiger partial charge in [0.25, 0.3) is 5.91 Å². The number of carbonyl (C=O) groups is 3. The summed E-state index contributed by atoms with van der Waals surface area (Å²) in [4.78, 5) is 40.4. The highest BCUT2D eigenvalue weighted by molar-refractivity contribution is 6.35. The highest BCUT2D eigenvalue weighted by atomic mass is 35.5. The normalized spacial score (nSPS) is 10.7. The third kappa shape index (κ3) is 4.44. The Morgan fingerprint density at radius 1 is 1.12 bits per heavy atom. The van der Waals surface area contributed by atoms with Crippen molar-refractivity contribution >= 4 is 52.0 Å². The zero-order chi connectivity index (χ0) is 23.5. The summed E-state index contributed by atoms with van der Waals surface area (Å²) in [6, 6.07) is 17.8. The van der Waals surface area contributed by atoms with Crippen LogP contribution in [0.15, 0.2) is 66.9 Å². The summed E-state index contributed by atoms with van der Waals surface area (Å²) in [5, 5.41) is 10.5. The fourth-order valence-electron chi connectivity index (χ4n) is 3.70. The highest BCUT2D eigenvalue weighted by Gasteiger charge is 2.27. The van der Waals surface area contributed by atoms with Crippen molar-refractivity contribution in [2.24, 2.45) is 0 Å². The molecule has 0 aliphatic heterocycles. The maximum atomic E-state index is 12.7. The molecule has 0 atom stereocenters. The van der Waals surface area contributed by atoms with Crippen molar-refractivity contribution in [2.45, 2.75) is 13.5 Å². The van der Waals surface area contributed by atoms with E-state index in [4.69, 9.17) is 16.3 Å². The molecule has 166 valence electrons. The topological polar surface area (TPSA) is 99.7 Å². The van der Waals surface area contributed by atoms with Gasteiger partial charge in [-0.05, 0) is 48.4 Å². The second kappa shape index (κ2) is 9.18. The minimum absolute atomic E-state index is 0.0699. The van der Waals surface area contributed by atoms with Gasteiger partial charge in [-0.2, -0.15) is 0 Å². The molecule has 0 radical (unpaired) electrons. The van der Waals surface area contributed by atoms with E-state index in [1.165, 1.54) is 12.1 Å². The summed E-state index contributed by atoms with van der Waals surface area (Å²) in [6.45, 7) is 1.98. The Morgan fingerprint density at radius 3 is 2.58 bits per heavy atom. The number of nitrogens with zero attached hydrogens (tertiary/aromatic N) is 1. The van der Waals surface area contributed by atoms with Gasteiger partial charge >= 0.3 is 5.97 Å². The lowest BCUT2D eigenvalue weighted by atomic mass is 10.1. The average molecular weight is 463 g/mol. The van der Waals surface area contributed by atoms with Crippen LogP contribution in [0.4, 0.5) is 11.4 Å². The van der Waals surface area contributed by atoms with Crippen LogP contribution in [0.3, 0.4) is 0 Å². The van der Waals surface area contributed by atoms with Crippen molar-refractivity contribution in [3.05, 3.63) is 88.6 Å². The molecule has 3 aromatic carbocycles. The largest absolute Gasteiger partial charge is 0.489 e. The Balaban J connectivity index is 1.82. The van der Waals surface area contributed by atoms with Crippen LogP contribution in [-0.2, 0) is 16.2 Å². The van der Waals surface area contributed by atoms with Gasteiger partial charge < -0.3 is 14.8 Å². The summed E-state index contributed by atoms with van der Waals surface area (Å²) in [6.07, 6.45) is 1.70. The van der Waals surface area contributed by atoms with E-state index in [1.807, 2.05) is 30.3 Å². The summed E-state index contributed by atoms with van der Waals surface area (Å²) in [7, 11) is 0. The van der Waals surface area contributed by atoms with E-state index < -0.39 is 11.9 Å². The fourth-order valence-corrected chi connectivity index (χ4v) is 3.97.